The number of carbonyl (C=O) groups is 1. The summed E-state index contributed by atoms with van der Waals surface area (Å²) in [6, 6.07) is 19.5. The van der Waals surface area contributed by atoms with E-state index in [4.69, 9.17) is 16.3 Å². The first kappa shape index (κ1) is 34.6. The van der Waals surface area contributed by atoms with E-state index in [0.29, 0.717) is 29.5 Å². The summed E-state index contributed by atoms with van der Waals surface area (Å²) in [6.45, 7) is 6.39. The minimum Gasteiger partial charge on any atom is -0.492 e. The van der Waals surface area contributed by atoms with Crippen LogP contribution < -0.4 is 14.2 Å². The fourth-order valence-corrected chi connectivity index (χ4v) is 5.77. The maximum Gasteiger partial charge on any atom is 0.264 e. The van der Waals surface area contributed by atoms with Crippen LogP contribution in [0.5, 0.6) is 5.75 Å². The molecule has 0 aliphatic carbocycles. The summed E-state index contributed by atoms with van der Waals surface area (Å²) in [5.74, 6) is 0.673. The van der Waals surface area contributed by atoms with Gasteiger partial charge in [-0.25, -0.2) is 4.57 Å². The Labute approximate surface area is 266 Å². The molecule has 4 nitrogen and oxygen atoms in total. The van der Waals surface area contributed by atoms with E-state index in [1.165, 1.54) is 83.5 Å². The van der Waals surface area contributed by atoms with Gasteiger partial charge in [0.15, 0.2) is 12.4 Å². The smallest absolute Gasteiger partial charge is 0.264 e. The van der Waals surface area contributed by atoms with Gasteiger partial charge in [0.25, 0.3) is 5.91 Å². The van der Waals surface area contributed by atoms with Crippen molar-refractivity contribution in [2.24, 2.45) is 0 Å². The van der Waals surface area contributed by atoms with Gasteiger partial charge in [-0.15, -0.1) is 0 Å². The highest BCUT2D eigenvalue weighted by molar-refractivity contribution is 6.32. The normalized spacial score (nSPS) is 11.0. The molecule has 3 aromatic rings. The number of benzene rings is 2. The number of pyridine rings is 1. The Balaban J connectivity index is 1.40. The molecule has 234 valence electrons. The van der Waals surface area contributed by atoms with Crippen molar-refractivity contribution in [1.29, 1.82) is 0 Å². The molecule has 3 rings (SSSR count). The van der Waals surface area contributed by atoms with E-state index >= 15 is 0 Å². The van der Waals surface area contributed by atoms with Gasteiger partial charge in [-0.05, 0) is 42.3 Å². The molecule has 0 spiro atoms. The van der Waals surface area contributed by atoms with Crippen LogP contribution in [0, 0.1) is 0 Å². The molecular weight excluding hydrogens is 552 g/mol. The van der Waals surface area contributed by atoms with E-state index in [1.54, 1.807) is 0 Å². The zero-order valence-corrected chi connectivity index (χ0v) is 27.5. The molecule has 0 bridgehead atoms. The number of unbranched alkanes of at least 4 members (excludes halogenated alkanes) is 13. The second kappa shape index (κ2) is 21.0. The largest absolute Gasteiger partial charge is 0.492 e. The zero-order chi connectivity index (χ0) is 30.5. The Morgan fingerprint density at radius 2 is 1.37 bits per heavy atom. The molecule has 0 saturated carbocycles. The lowest BCUT2D eigenvalue weighted by molar-refractivity contribution is -0.697. The molecular formula is C38H54ClN2O2+. The number of hydrogen-bond acceptors (Lipinski definition) is 2. The van der Waals surface area contributed by atoms with Crippen LogP contribution in [0.15, 0.2) is 73.1 Å². The lowest BCUT2D eigenvalue weighted by Crippen LogP contribution is -2.36. The highest BCUT2D eigenvalue weighted by atomic mass is 35.5. The van der Waals surface area contributed by atoms with E-state index < -0.39 is 0 Å². The highest BCUT2D eigenvalue weighted by Crippen LogP contribution is 2.28. The monoisotopic (exact) mass is 605 g/mol. The van der Waals surface area contributed by atoms with Crippen molar-refractivity contribution in [3.63, 3.8) is 0 Å². The van der Waals surface area contributed by atoms with Crippen LogP contribution in [-0.2, 0) is 13.1 Å². The second-order valence-corrected chi connectivity index (χ2v) is 12.2. The average molecular weight is 606 g/mol. The number of amides is 1. The van der Waals surface area contributed by atoms with E-state index in [1.807, 2.05) is 78.0 Å². The van der Waals surface area contributed by atoms with Crippen molar-refractivity contribution in [2.75, 3.05) is 11.5 Å². The van der Waals surface area contributed by atoms with Crippen molar-refractivity contribution in [3.8, 4) is 5.75 Å². The number of hydrogen-bond donors (Lipinski definition) is 0. The van der Waals surface area contributed by atoms with Crippen molar-refractivity contribution in [1.82, 2.24) is 0 Å². The molecule has 0 fully saturated rings. The standard InChI is InChI=1S/C38H54ClN2O2/c1-3-5-6-7-8-9-10-11-12-13-14-15-16-20-29-43-37-26-25-33(30-36(37)39)31-41(35-23-18-17-19-24-35)38(42)34-22-21-28-40(32-34)27-4-2/h17-19,21-26,28,30,32H,3-16,20,27,29,31H2,1-2H3/q+1. The quantitative estimate of drug-likeness (QED) is 0.0843. The number of halogens is 1. The third-order valence-electron chi connectivity index (χ3n) is 7.99. The number of rotatable bonds is 22. The predicted octanol–water partition coefficient (Wildman–Crippen LogP) is 10.7. The number of carbonyl (C=O) groups excluding carboxylic acids is 1. The second-order valence-electron chi connectivity index (χ2n) is 11.8. The van der Waals surface area contributed by atoms with Gasteiger partial charge >= 0.3 is 0 Å². The van der Waals surface area contributed by atoms with Crippen LogP contribution in [0.2, 0.25) is 5.02 Å². The Hall–Kier alpha value is -2.85. The number of ether oxygens (including phenoxy) is 1. The minimum absolute atomic E-state index is 0.0362. The highest BCUT2D eigenvalue weighted by Gasteiger charge is 2.21. The van der Waals surface area contributed by atoms with Crippen LogP contribution in [0.25, 0.3) is 0 Å². The molecule has 0 atom stereocenters. The van der Waals surface area contributed by atoms with Gasteiger partial charge in [0, 0.05) is 18.2 Å². The van der Waals surface area contributed by atoms with Crippen LogP contribution in [0.3, 0.4) is 0 Å². The van der Waals surface area contributed by atoms with E-state index in [0.717, 1.165) is 30.6 Å². The summed E-state index contributed by atoms with van der Waals surface area (Å²) >= 11 is 6.64. The van der Waals surface area contributed by atoms with Crippen molar-refractivity contribution < 1.29 is 14.1 Å². The van der Waals surface area contributed by atoms with Crippen molar-refractivity contribution in [3.05, 3.63) is 89.2 Å². The van der Waals surface area contributed by atoms with Crippen LogP contribution in [0.4, 0.5) is 5.69 Å². The lowest BCUT2D eigenvalue weighted by Gasteiger charge is -2.23. The SMILES string of the molecule is CCCCCCCCCCCCCCCCOc1ccc(CN(C(=O)c2ccc[n+](CCC)c2)c2ccccc2)cc1Cl. The molecule has 1 aromatic heterocycles. The lowest BCUT2D eigenvalue weighted by atomic mass is 10.0. The van der Waals surface area contributed by atoms with Crippen molar-refractivity contribution in [2.45, 2.75) is 123 Å². The topological polar surface area (TPSA) is 33.4 Å². The summed E-state index contributed by atoms with van der Waals surface area (Å²) in [5.41, 5.74) is 2.48. The van der Waals surface area contributed by atoms with Gasteiger partial charge in [0.05, 0.1) is 18.2 Å². The number of para-hydroxylation sites is 1. The Bertz CT molecular complexity index is 1180. The third kappa shape index (κ3) is 13.1. The zero-order valence-electron chi connectivity index (χ0n) is 26.7. The maximum absolute atomic E-state index is 13.7. The summed E-state index contributed by atoms with van der Waals surface area (Å²) in [4.78, 5) is 15.5. The molecule has 43 heavy (non-hydrogen) atoms. The Morgan fingerprint density at radius 3 is 1.98 bits per heavy atom. The average Bonchev–Trinajstić information content (AvgIpc) is 3.03. The van der Waals surface area contributed by atoms with Crippen LogP contribution >= 0.6 is 11.6 Å². The van der Waals surface area contributed by atoms with Crippen LogP contribution in [-0.4, -0.2) is 12.5 Å². The number of aryl methyl sites for hydroxylation is 1. The molecule has 1 amide bonds. The van der Waals surface area contributed by atoms with Gasteiger partial charge in [-0.2, -0.15) is 0 Å². The van der Waals surface area contributed by atoms with E-state index in [2.05, 4.69) is 18.4 Å². The van der Waals surface area contributed by atoms with Gasteiger partial charge in [0.2, 0.25) is 0 Å². The van der Waals surface area contributed by atoms with E-state index in [-0.39, 0.29) is 5.91 Å². The number of anilines is 1. The first-order valence-corrected chi connectivity index (χ1v) is 17.3. The first-order valence-electron chi connectivity index (χ1n) is 16.9. The van der Waals surface area contributed by atoms with Gasteiger partial charge in [-0.1, -0.05) is 133 Å². The molecule has 5 heteroatoms. The summed E-state index contributed by atoms with van der Waals surface area (Å²) in [5, 5.41) is 0.587. The Kier molecular flexibility index (Phi) is 16.9. The molecule has 0 unspecified atom stereocenters. The van der Waals surface area contributed by atoms with E-state index in [9.17, 15) is 4.79 Å². The fourth-order valence-electron chi connectivity index (χ4n) is 5.51. The maximum atomic E-state index is 13.7. The van der Waals surface area contributed by atoms with Gasteiger partial charge < -0.3 is 9.64 Å². The molecule has 0 N–H and O–H groups in total. The Morgan fingerprint density at radius 1 is 0.744 bits per heavy atom. The van der Waals surface area contributed by atoms with Crippen LogP contribution in [0.1, 0.15) is 126 Å². The van der Waals surface area contributed by atoms with Gasteiger partial charge in [-0.3, -0.25) is 4.79 Å². The summed E-state index contributed by atoms with van der Waals surface area (Å²) in [6.07, 6.45) is 23.7. The fraction of sp³-hybridized carbons (Fsp3) is 0.526. The molecule has 2 aromatic carbocycles. The van der Waals surface area contributed by atoms with Crippen molar-refractivity contribution >= 4 is 23.2 Å². The number of nitrogens with zero attached hydrogens (tertiary/aromatic N) is 2. The van der Waals surface area contributed by atoms with Gasteiger partial charge in [0.1, 0.15) is 17.9 Å². The summed E-state index contributed by atoms with van der Waals surface area (Å²) < 4.78 is 8.09. The third-order valence-corrected chi connectivity index (χ3v) is 8.29. The summed E-state index contributed by atoms with van der Waals surface area (Å²) in [7, 11) is 0. The molecule has 0 aliphatic heterocycles. The minimum atomic E-state index is -0.0362. The number of aromatic nitrogens is 1. The first-order chi connectivity index (χ1) is 21.1. The molecule has 0 radical (unpaired) electrons. The molecule has 1 heterocycles. The molecule has 0 saturated heterocycles. The predicted molar refractivity (Wildman–Crippen MR) is 181 cm³/mol. The molecule has 0 aliphatic rings.